The first-order chi connectivity index (χ1) is 7.69. The van der Waals surface area contributed by atoms with Crippen LogP contribution < -0.4 is 0 Å². The highest BCUT2D eigenvalue weighted by Crippen LogP contribution is 2.33. The summed E-state index contributed by atoms with van der Waals surface area (Å²) in [5.41, 5.74) is 0. The lowest BCUT2D eigenvalue weighted by atomic mass is 9.80. The first-order valence-corrected chi connectivity index (χ1v) is 7.14. The summed E-state index contributed by atoms with van der Waals surface area (Å²) in [6.45, 7) is 4.64. The van der Waals surface area contributed by atoms with Crippen molar-refractivity contribution in [2.75, 3.05) is 19.7 Å². The highest BCUT2D eigenvalue weighted by molar-refractivity contribution is 9.09. The topological polar surface area (TPSA) is 29.5 Å². The second kappa shape index (κ2) is 5.50. The van der Waals surface area contributed by atoms with E-state index in [1.165, 1.54) is 0 Å². The highest BCUT2D eigenvalue weighted by Gasteiger charge is 2.33. The van der Waals surface area contributed by atoms with Crippen molar-refractivity contribution >= 4 is 21.8 Å². The Kier molecular flexibility index (Phi) is 4.25. The van der Waals surface area contributed by atoms with Crippen LogP contribution in [-0.2, 0) is 9.53 Å². The molecule has 1 aliphatic heterocycles. The lowest BCUT2D eigenvalue weighted by Gasteiger charge is -2.35. The minimum absolute atomic E-state index is 0.335. The van der Waals surface area contributed by atoms with Crippen LogP contribution in [0, 0.1) is 5.92 Å². The van der Waals surface area contributed by atoms with Crippen LogP contribution in [0.15, 0.2) is 0 Å². The Hall–Kier alpha value is -0.0900. The average Bonchev–Trinajstić information content (AvgIpc) is 2.61. The maximum Gasteiger partial charge on any atom is 0.222 e. The van der Waals surface area contributed by atoms with Gasteiger partial charge >= 0.3 is 0 Å². The van der Waals surface area contributed by atoms with Crippen molar-refractivity contribution < 1.29 is 9.53 Å². The first kappa shape index (κ1) is 12.4. The zero-order valence-electron chi connectivity index (χ0n) is 9.82. The third-order valence-corrected chi connectivity index (χ3v) is 4.29. The van der Waals surface area contributed by atoms with Gasteiger partial charge in [-0.15, -0.1) is 0 Å². The van der Waals surface area contributed by atoms with Gasteiger partial charge < -0.3 is 9.64 Å². The molecule has 0 N–H and O–H groups in total. The summed E-state index contributed by atoms with van der Waals surface area (Å²) in [6.07, 6.45) is 4.39. The minimum Gasteiger partial charge on any atom is -0.378 e. The number of amides is 1. The molecule has 1 saturated heterocycles. The van der Waals surface area contributed by atoms with Crippen molar-refractivity contribution in [1.29, 1.82) is 0 Å². The molecule has 3 nitrogen and oxygen atoms in total. The van der Waals surface area contributed by atoms with Gasteiger partial charge in [0.25, 0.3) is 0 Å². The van der Waals surface area contributed by atoms with E-state index in [0.717, 1.165) is 45.4 Å². The molecule has 0 aromatic rings. The van der Waals surface area contributed by atoms with Gasteiger partial charge in [-0.1, -0.05) is 15.9 Å². The molecular formula is C12H20BrNO2. The molecule has 1 atom stereocenters. The summed E-state index contributed by atoms with van der Waals surface area (Å²) in [6, 6.07) is 0. The monoisotopic (exact) mass is 289 g/mol. The van der Waals surface area contributed by atoms with Gasteiger partial charge in [0.15, 0.2) is 0 Å². The van der Waals surface area contributed by atoms with Gasteiger partial charge in [-0.05, 0) is 32.1 Å². The number of halogens is 1. The van der Waals surface area contributed by atoms with E-state index in [9.17, 15) is 4.79 Å². The van der Waals surface area contributed by atoms with E-state index in [0.29, 0.717) is 22.8 Å². The molecule has 16 heavy (non-hydrogen) atoms. The molecule has 4 heteroatoms. The Morgan fingerprint density at radius 3 is 2.81 bits per heavy atom. The Morgan fingerprint density at radius 2 is 2.25 bits per heavy atom. The van der Waals surface area contributed by atoms with E-state index >= 15 is 0 Å². The van der Waals surface area contributed by atoms with Crippen LogP contribution in [0.2, 0.25) is 0 Å². The molecule has 2 aliphatic rings. The number of hydrogen-bond donors (Lipinski definition) is 0. The molecule has 1 saturated carbocycles. The van der Waals surface area contributed by atoms with Gasteiger partial charge in [-0.25, -0.2) is 0 Å². The van der Waals surface area contributed by atoms with Gasteiger partial charge in [-0.2, -0.15) is 0 Å². The number of nitrogens with zero attached hydrogens (tertiary/aromatic N) is 1. The third-order valence-electron chi connectivity index (χ3n) is 3.54. The number of ether oxygens (including phenoxy) is 1. The van der Waals surface area contributed by atoms with Crippen molar-refractivity contribution in [3.63, 3.8) is 0 Å². The van der Waals surface area contributed by atoms with Crippen molar-refractivity contribution in [1.82, 2.24) is 4.90 Å². The third kappa shape index (κ3) is 2.98. The Balaban J connectivity index is 1.65. The summed E-state index contributed by atoms with van der Waals surface area (Å²) >= 11 is 3.56. The second-order valence-corrected chi connectivity index (χ2v) is 6.14. The molecule has 2 rings (SSSR count). The number of rotatable bonds is 4. The van der Waals surface area contributed by atoms with E-state index in [2.05, 4.69) is 15.9 Å². The zero-order valence-corrected chi connectivity index (χ0v) is 11.4. The number of likely N-dealkylation sites (tertiary alicyclic amines) is 1. The molecule has 0 bridgehead atoms. The summed E-state index contributed by atoms with van der Waals surface area (Å²) in [5, 5.41) is 0. The smallest absolute Gasteiger partial charge is 0.222 e. The standard InChI is InChI=1S/C12H20BrNO2/c1-2-16-11-5-9(6-11)7-12(15)14-4-3-10(13)8-14/h9-11H,2-8H2,1H3. The lowest BCUT2D eigenvalue weighted by Crippen LogP contribution is -2.37. The Morgan fingerprint density at radius 1 is 1.50 bits per heavy atom. The quantitative estimate of drug-likeness (QED) is 0.743. The van der Waals surface area contributed by atoms with Gasteiger partial charge in [-0.3, -0.25) is 4.79 Å². The van der Waals surface area contributed by atoms with Gasteiger partial charge in [0.1, 0.15) is 0 Å². The normalized spacial score (nSPS) is 33.9. The fraction of sp³-hybridized carbons (Fsp3) is 0.917. The minimum atomic E-state index is 0.335. The van der Waals surface area contributed by atoms with E-state index in [-0.39, 0.29) is 0 Å². The highest BCUT2D eigenvalue weighted by atomic mass is 79.9. The molecule has 0 aromatic heterocycles. The molecular weight excluding hydrogens is 270 g/mol. The SMILES string of the molecule is CCOC1CC(CC(=O)N2CCC(Br)C2)C1. The molecule has 1 heterocycles. The number of hydrogen-bond acceptors (Lipinski definition) is 2. The average molecular weight is 290 g/mol. The molecule has 92 valence electrons. The van der Waals surface area contributed by atoms with Crippen molar-refractivity contribution in [2.45, 2.75) is 43.5 Å². The maximum absolute atomic E-state index is 11.9. The molecule has 1 unspecified atom stereocenters. The van der Waals surface area contributed by atoms with E-state index in [1.54, 1.807) is 0 Å². The lowest BCUT2D eigenvalue weighted by molar-refractivity contribution is -0.133. The van der Waals surface area contributed by atoms with Crippen molar-refractivity contribution in [3.8, 4) is 0 Å². The van der Waals surface area contributed by atoms with Crippen LogP contribution in [0.5, 0.6) is 0 Å². The fourth-order valence-corrected chi connectivity index (χ4v) is 3.09. The predicted octanol–water partition coefficient (Wildman–Crippen LogP) is 2.19. The fourth-order valence-electron chi connectivity index (χ4n) is 2.53. The summed E-state index contributed by atoms with van der Waals surface area (Å²) in [4.78, 5) is 14.4. The molecule has 0 radical (unpaired) electrons. The number of alkyl halides is 1. The van der Waals surface area contributed by atoms with Crippen LogP contribution in [-0.4, -0.2) is 41.4 Å². The van der Waals surface area contributed by atoms with Crippen LogP contribution in [0.3, 0.4) is 0 Å². The Bertz CT molecular complexity index is 253. The molecule has 2 fully saturated rings. The van der Waals surface area contributed by atoms with Crippen molar-refractivity contribution in [3.05, 3.63) is 0 Å². The molecule has 0 spiro atoms. The van der Waals surface area contributed by atoms with E-state index in [4.69, 9.17) is 4.74 Å². The summed E-state index contributed by atoms with van der Waals surface area (Å²) in [5.74, 6) is 0.903. The van der Waals surface area contributed by atoms with Crippen LogP contribution in [0.1, 0.15) is 32.6 Å². The number of carbonyl (C=O) groups excluding carboxylic acids is 1. The zero-order chi connectivity index (χ0) is 11.5. The maximum atomic E-state index is 11.9. The summed E-state index contributed by atoms with van der Waals surface area (Å²) < 4.78 is 5.50. The van der Waals surface area contributed by atoms with E-state index < -0.39 is 0 Å². The summed E-state index contributed by atoms with van der Waals surface area (Å²) in [7, 11) is 0. The predicted molar refractivity (Wildman–Crippen MR) is 66.7 cm³/mol. The van der Waals surface area contributed by atoms with E-state index in [1.807, 2.05) is 11.8 Å². The van der Waals surface area contributed by atoms with Crippen LogP contribution >= 0.6 is 15.9 Å². The number of carbonyl (C=O) groups is 1. The van der Waals surface area contributed by atoms with Gasteiger partial charge in [0, 0.05) is 30.9 Å². The first-order valence-electron chi connectivity index (χ1n) is 6.22. The second-order valence-electron chi connectivity index (χ2n) is 4.84. The van der Waals surface area contributed by atoms with Crippen LogP contribution in [0.4, 0.5) is 0 Å². The molecule has 0 aromatic carbocycles. The van der Waals surface area contributed by atoms with Crippen molar-refractivity contribution in [2.24, 2.45) is 5.92 Å². The van der Waals surface area contributed by atoms with Crippen LogP contribution in [0.25, 0.3) is 0 Å². The molecule has 1 amide bonds. The largest absolute Gasteiger partial charge is 0.378 e. The van der Waals surface area contributed by atoms with Gasteiger partial charge in [0.05, 0.1) is 6.10 Å². The molecule has 1 aliphatic carbocycles. The Labute approximate surface area is 106 Å². The van der Waals surface area contributed by atoms with Gasteiger partial charge in [0.2, 0.25) is 5.91 Å².